The number of amides is 1. The molecule has 0 saturated carbocycles. The minimum Gasteiger partial charge on any atom is -0.466 e. The Kier molecular flexibility index (Phi) is 4.19. The normalized spacial score (nSPS) is 19.3. The molecule has 2 heterocycles. The topological polar surface area (TPSA) is 72.6 Å². The van der Waals surface area contributed by atoms with Crippen LogP contribution in [0.5, 0.6) is 0 Å². The number of carbonyl (C=O) groups excluding carboxylic acids is 2. The predicted molar refractivity (Wildman–Crippen MR) is 66.5 cm³/mol. The first-order valence-corrected chi connectivity index (χ1v) is 6.50. The minimum absolute atomic E-state index is 0.0852. The fraction of sp³-hybridized carbons (Fsp3) is 0.615. The van der Waals surface area contributed by atoms with Crippen LogP contribution in [0.25, 0.3) is 0 Å². The number of likely N-dealkylation sites (tertiary alicyclic amines) is 1. The highest BCUT2D eigenvalue weighted by Crippen LogP contribution is 2.19. The lowest BCUT2D eigenvalue weighted by atomic mass is 9.98. The van der Waals surface area contributed by atoms with Gasteiger partial charge in [0.15, 0.2) is 0 Å². The molecule has 0 aromatic carbocycles. The zero-order chi connectivity index (χ0) is 13.8. The Bertz CT molecular complexity index is 469. The van der Waals surface area contributed by atoms with Gasteiger partial charge in [0.25, 0.3) is 5.89 Å². The van der Waals surface area contributed by atoms with E-state index in [2.05, 4.69) is 4.98 Å². The van der Waals surface area contributed by atoms with Crippen LogP contribution in [0.4, 0.5) is 0 Å². The van der Waals surface area contributed by atoms with Gasteiger partial charge in [0.2, 0.25) is 0 Å². The summed E-state index contributed by atoms with van der Waals surface area (Å²) in [5.74, 6) is -0.0521. The lowest BCUT2D eigenvalue weighted by Crippen LogP contribution is -2.42. The van der Waals surface area contributed by atoms with Crippen LogP contribution in [0.1, 0.15) is 36.2 Å². The number of hydrogen-bond acceptors (Lipinski definition) is 5. The number of aromatic nitrogens is 1. The molecule has 1 fully saturated rings. The maximum Gasteiger partial charge on any atom is 0.310 e. The third-order valence-corrected chi connectivity index (χ3v) is 3.13. The van der Waals surface area contributed by atoms with Gasteiger partial charge in [-0.3, -0.25) is 9.59 Å². The van der Waals surface area contributed by atoms with Crippen molar-refractivity contribution in [1.82, 2.24) is 9.88 Å². The molecule has 1 aliphatic rings. The van der Waals surface area contributed by atoms with E-state index < -0.39 is 0 Å². The molecule has 1 atom stereocenters. The number of rotatable bonds is 3. The summed E-state index contributed by atoms with van der Waals surface area (Å²) in [5.41, 5.74) is 0. The van der Waals surface area contributed by atoms with Crippen molar-refractivity contribution in [2.45, 2.75) is 26.7 Å². The van der Waals surface area contributed by atoms with E-state index >= 15 is 0 Å². The molecule has 1 aromatic heterocycles. The summed E-state index contributed by atoms with van der Waals surface area (Å²) in [7, 11) is 0. The number of aryl methyl sites for hydroxylation is 1. The number of oxazole rings is 1. The van der Waals surface area contributed by atoms with Crippen molar-refractivity contribution in [3.8, 4) is 0 Å². The molecule has 2 rings (SSSR count). The smallest absolute Gasteiger partial charge is 0.310 e. The Hall–Kier alpha value is -1.85. The van der Waals surface area contributed by atoms with Crippen LogP contribution in [0, 0.1) is 12.8 Å². The standard InChI is InChI=1S/C13H18N2O4/c1-3-18-13(17)10-5-4-6-15(8-10)12(16)11-14-7-9(2)19-11/h7,10H,3-6,8H2,1-2H3. The first-order chi connectivity index (χ1) is 9.11. The summed E-state index contributed by atoms with van der Waals surface area (Å²) in [6, 6.07) is 0. The van der Waals surface area contributed by atoms with E-state index in [0.29, 0.717) is 25.5 Å². The minimum atomic E-state index is -0.262. The van der Waals surface area contributed by atoms with E-state index in [4.69, 9.17) is 9.15 Å². The predicted octanol–water partition coefficient (Wildman–Crippen LogP) is 1.40. The average molecular weight is 266 g/mol. The van der Waals surface area contributed by atoms with Gasteiger partial charge in [-0.1, -0.05) is 0 Å². The molecule has 0 bridgehead atoms. The number of piperidine rings is 1. The molecule has 1 saturated heterocycles. The van der Waals surface area contributed by atoms with Crippen molar-refractivity contribution in [2.24, 2.45) is 5.92 Å². The van der Waals surface area contributed by atoms with Crippen LogP contribution in [-0.4, -0.2) is 41.5 Å². The maximum atomic E-state index is 12.2. The lowest BCUT2D eigenvalue weighted by molar-refractivity contribution is -0.149. The molecular formula is C13H18N2O4. The SMILES string of the molecule is CCOC(=O)C1CCCN(C(=O)c2ncc(C)o2)C1. The molecule has 1 amide bonds. The number of carbonyl (C=O) groups is 2. The molecule has 1 aliphatic heterocycles. The molecular weight excluding hydrogens is 248 g/mol. The van der Waals surface area contributed by atoms with E-state index in [1.807, 2.05) is 0 Å². The van der Waals surface area contributed by atoms with Crippen molar-refractivity contribution in [1.29, 1.82) is 0 Å². The number of esters is 1. The van der Waals surface area contributed by atoms with Crippen LogP contribution < -0.4 is 0 Å². The first kappa shape index (κ1) is 13.6. The Morgan fingerprint density at radius 2 is 2.37 bits per heavy atom. The second-order valence-electron chi connectivity index (χ2n) is 4.62. The van der Waals surface area contributed by atoms with Crippen LogP contribution in [0.3, 0.4) is 0 Å². The molecule has 0 radical (unpaired) electrons. The third kappa shape index (κ3) is 3.13. The highest BCUT2D eigenvalue weighted by molar-refractivity contribution is 5.90. The molecule has 104 valence electrons. The van der Waals surface area contributed by atoms with Gasteiger partial charge in [-0.15, -0.1) is 0 Å². The average Bonchev–Trinajstić information content (AvgIpc) is 2.85. The summed E-state index contributed by atoms with van der Waals surface area (Å²) in [6.07, 6.45) is 3.06. The molecule has 6 heteroatoms. The van der Waals surface area contributed by atoms with Crippen LogP contribution >= 0.6 is 0 Å². The van der Waals surface area contributed by atoms with Crippen molar-refractivity contribution in [2.75, 3.05) is 19.7 Å². The fourth-order valence-electron chi connectivity index (χ4n) is 2.20. The van der Waals surface area contributed by atoms with E-state index in [1.54, 1.807) is 18.7 Å². The van der Waals surface area contributed by atoms with Gasteiger partial charge < -0.3 is 14.1 Å². The van der Waals surface area contributed by atoms with E-state index in [-0.39, 0.29) is 23.7 Å². The second kappa shape index (κ2) is 5.86. The molecule has 0 spiro atoms. The zero-order valence-corrected chi connectivity index (χ0v) is 11.2. The van der Waals surface area contributed by atoms with Gasteiger partial charge >= 0.3 is 11.9 Å². The Labute approximate surface area is 111 Å². The number of ether oxygens (including phenoxy) is 1. The maximum absolute atomic E-state index is 12.2. The number of nitrogens with zero attached hydrogens (tertiary/aromatic N) is 2. The molecule has 0 aliphatic carbocycles. The highest BCUT2D eigenvalue weighted by Gasteiger charge is 2.31. The molecule has 1 aromatic rings. The van der Waals surface area contributed by atoms with Gasteiger partial charge in [0.05, 0.1) is 18.7 Å². The Morgan fingerprint density at radius 1 is 1.58 bits per heavy atom. The third-order valence-electron chi connectivity index (χ3n) is 3.13. The monoisotopic (exact) mass is 266 g/mol. The van der Waals surface area contributed by atoms with Gasteiger partial charge in [-0.2, -0.15) is 0 Å². The summed E-state index contributed by atoms with van der Waals surface area (Å²) in [4.78, 5) is 29.4. The molecule has 1 unspecified atom stereocenters. The van der Waals surface area contributed by atoms with E-state index in [1.165, 1.54) is 6.20 Å². The summed E-state index contributed by atoms with van der Waals surface area (Å²) in [5, 5.41) is 0. The molecule has 6 nitrogen and oxygen atoms in total. The quantitative estimate of drug-likeness (QED) is 0.773. The summed E-state index contributed by atoms with van der Waals surface area (Å²) in [6.45, 7) is 4.87. The van der Waals surface area contributed by atoms with Crippen molar-refractivity contribution >= 4 is 11.9 Å². The molecule has 19 heavy (non-hydrogen) atoms. The van der Waals surface area contributed by atoms with E-state index in [9.17, 15) is 9.59 Å². The second-order valence-corrected chi connectivity index (χ2v) is 4.62. The Morgan fingerprint density at radius 3 is 3.00 bits per heavy atom. The number of hydrogen-bond donors (Lipinski definition) is 0. The first-order valence-electron chi connectivity index (χ1n) is 6.50. The van der Waals surface area contributed by atoms with Crippen LogP contribution in [-0.2, 0) is 9.53 Å². The van der Waals surface area contributed by atoms with Crippen molar-refractivity contribution in [3.05, 3.63) is 17.8 Å². The van der Waals surface area contributed by atoms with Crippen molar-refractivity contribution < 1.29 is 18.7 Å². The van der Waals surface area contributed by atoms with Crippen LogP contribution in [0.2, 0.25) is 0 Å². The largest absolute Gasteiger partial charge is 0.466 e. The highest BCUT2D eigenvalue weighted by atomic mass is 16.5. The van der Waals surface area contributed by atoms with Gasteiger partial charge in [-0.25, -0.2) is 4.98 Å². The Balaban J connectivity index is 2.01. The fourth-order valence-corrected chi connectivity index (χ4v) is 2.20. The van der Waals surface area contributed by atoms with Gasteiger partial charge in [0.1, 0.15) is 5.76 Å². The van der Waals surface area contributed by atoms with Gasteiger partial charge in [0, 0.05) is 13.1 Å². The van der Waals surface area contributed by atoms with E-state index in [0.717, 1.165) is 12.8 Å². The van der Waals surface area contributed by atoms with Gasteiger partial charge in [-0.05, 0) is 26.7 Å². The molecule has 0 N–H and O–H groups in total. The van der Waals surface area contributed by atoms with Crippen molar-refractivity contribution in [3.63, 3.8) is 0 Å². The summed E-state index contributed by atoms with van der Waals surface area (Å²) >= 11 is 0. The lowest BCUT2D eigenvalue weighted by Gasteiger charge is -2.30. The summed E-state index contributed by atoms with van der Waals surface area (Å²) < 4.78 is 10.2. The zero-order valence-electron chi connectivity index (χ0n) is 11.2. The van der Waals surface area contributed by atoms with Crippen LogP contribution in [0.15, 0.2) is 10.6 Å².